The molecule has 3 aromatic rings. The highest BCUT2D eigenvalue weighted by molar-refractivity contribution is 9.10. The van der Waals surface area contributed by atoms with E-state index in [-0.39, 0.29) is 5.91 Å². The molecule has 3 aromatic carbocycles. The van der Waals surface area contributed by atoms with Crippen molar-refractivity contribution in [3.05, 3.63) is 70.7 Å². The van der Waals surface area contributed by atoms with Crippen molar-refractivity contribution >= 4 is 50.1 Å². The number of amides is 1. The molecular formula is C18H14BrNOS. The van der Waals surface area contributed by atoms with E-state index in [2.05, 4.69) is 39.4 Å². The molecule has 0 unspecified atom stereocenters. The third-order valence-corrected chi connectivity index (χ3v) is 4.75. The Hall–Kier alpha value is -1.78. The van der Waals surface area contributed by atoms with Crippen molar-refractivity contribution in [1.29, 1.82) is 0 Å². The van der Waals surface area contributed by atoms with E-state index >= 15 is 0 Å². The van der Waals surface area contributed by atoms with E-state index in [1.54, 1.807) is 23.9 Å². The lowest BCUT2D eigenvalue weighted by molar-refractivity contribution is 0.102. The highest BCUT2D eigenvalue weighted by Crippen LogP contribution is 2.32. The molecule has 0 atom stereocenters. The maximum atomic E-state index is 12.4. The molecule has 0 aromatic heterocycles. The molecule has 0 spiro atoms. The Balaban J connectivity index is 2.00. The van der Waals surface area contributed by atoms with Gasteiger partial charge in [-0.05, 0) is 48.0 Å². The summed E-state index contributed by atoms with van der Waals surface area (Å²) in [6.45, 7) is 0. The fourth-order valence-electron chi connectivity index (χ4n) is 2.38. The van der Waals surface area contributed by atoms with Gasteiger partial charge in [-0.15, -0.1) is 11.8 Å². The molecule has 110 valence electrons. The Kier molecular flexibility index (Phi) is 4.50. The smallest absolute Gasteiger partial charge is 0.255 e. The van der Waals surface area contributed by atoms with Crippen LogP contribution in [0, 0.1) is 0 Å². The third kappa shape index (κ3) is 3.03. The number of hydrogen-bond acceptors (Lipinski definition) is 2. The van der Waals surface area contributed by atoms with Gasteiger partial charge in [0.15, 0.2) is 0 Å². The molecule has 0 radical (unpaired) electrons. The molecule has 22 heavy (non-hydrogen) atoms. The Morgan fingerprint density at radius 3 is 2.36 bits per heavy atom. The SMILES string of the molecule is CSc1cccc2cccc(NC(=O)c3ccc(Br)cc3)c12. The zero-order chi connectivity index (χ0) is 15.5. The lowest BCUT2D eigenvalue weighted by Crippen LogP contribution is -2.12. The molecule has 0 saturated heterocycles. The first-order chi connectivity index (χ1) is 10.7. The Labute approximate surface area is 142 Å². The summed E-state index contributed by atoms with van der Waals surface area (Å²) in [5, 5.41) is 5.24. The maximum Gasteiger partial charge on any atom is 0.255 e. The number of carbonyl (C=O) groups is 1. The summed E-state index contributed by atoms with van der Waals surface area (Å²) in [6, 6.07) is 19.5. The van der Waals surface area contributed by atoms with E-state index in [0.29, 0.717) is 5.56 Å². The van der Waals surface area contributed by atoms with Crippen LogP contribution >= 0.6 is 27.7 Å². The van der Waals surface area contributed by atoms with Crippen LogP contribution in [0.15, 0.2) is 70.0 Å². The average molecular weight is 372 g/mol. The highest BCUT2D eigenvalue weighted by atomic mass is 79.9. The molecule has 0 aliphatic carbocycles. The van der Waals surface area contributed by atoms with Crippen molar-refractivity contribution in [1.82, 2.24) is 0 Å². The molecule has 4 heteroatoms. The number of thioether (sulfide) groups is 1. The second kappa shape index (κ2) is 6.55. The van der Waals surface area contributed by atoms with Crippen LogP contribution in [0.1, 0.15) is 10.4 Å². The van der Waals surface area contributed by atoms with Crippen LogP contribution in [0.3, 0.4) is 0 Å². The highest BCUT2D eigenvalue weighted by Gasteiger charge is 2.10. The predicted molar refractivity (Wildman–Crippen MR) is 97.8 cm³/mol. The quantitative estimate of drug-likeness (QED) is 0.609. The Bertz CT molecular complexity index is 825. The molecule has 2 nitrogen and oxygen atoms in total. The lowest BCUT2D eigenvalue weighted by atomic mass is 10.1. The second-order valence-electron chi connectivity index (χ2n) is 4.82. The Morgan fingerprint density at radius 1 is 1.00 bits per heavy atom. The summed E-state index contributed by atoms with van der Waals surface area (Å²) in [6.07, 6.45) is 2.04. The van der Waals surface area contributed by atoms with E-state index in [0.717, 1.165) is 25.8 Å². The normalized spacial score (nSPS) is 10.6. The lowest BCUT2D eigenvalue weighted by Gasteiger charge is -2.11. The van der Waals surface area contributed by atoms with E-state index in [9.17, 15) is 4.79 Å². The first-order valence-electron chi connectivity index (χ1n) is 6.81. The van der Waals surface area contributed by atoms with E-state index in [1.807, 2.05) is 36.6 Å². The molecule has 0 saturated carbocycles. The van der Waals surface area contributed by atoms with Crippen LogP contribution in [0.4, 0.5) is 5.69 Å². The molecule has 0 heterocycles. The van der Waals surface area contributed by atoms with Gasteiger partial charge in [0.25, 0.3) is 5.91 Å². The molecule has 0 aliphatic rings. The van der Waals surface area contributed by atoms with E-state index < -0.39 is 0 Å². The molecule has 0 bridgehead atoms. The van der Waals surface area contributed by atoms with Crippen molar-refractivity contribution in [2.75, 3.05) is 11.6 Å². The summed E-state index contributed by atoms with van der Waals surface area (Å²) in [4.78, 5) is 13.6. The number of hydrogen-bond donors (Lipinski definition) is 1. The number of benzene rings is 3. The molecule has 0 aliphatic heterocycles. The fourth-order valence-corrected chi connectivity index (χ4v) is 3.29. The van der Waals surface area contributed by atoms with Gasteiger partial charge in [-0.25, -0.2) is 0 Å². The van der Waals surface area contributed by atoms with Crippen LogP contribution in [-0.4, -0.2) is 12.2 Å². The van der Waals surface area contributed by atoms with Crippen LogP contribution in [0.25, 0.3) is 10.8 Å². The van der Waals surface area contributed by atoms with Crippen molar-refractivity contribution in [3.63, 3.8) is 0 Å². The van der Waals surface area contributed by atoms with Crippen molar-refractivity contribution < 1.29 is 4.79 Å². The summed E-state index contributed by atoms with van der Waals surface area (Å²) in [5.41, 5.74) is 1.48. The van der Waals surface area contributed by atoms with Gasteiger partial charge in [-0.1, -0.05) is 40.2 Å². The molecule has 1 N–H and O–H groups in total. The largest absolute Gasteiger partial charge is 0.321 e. The first-order valence-corrected chi connectivity index (χ1v) is 8.83. The molecule has 3 rings (SSSR count). The zero-order valence-electron chi connectivity index (χ0n) is 12.0. The molecule has 0 fully saturated rings. The number of nitrogens with one attached hydrogen (secondary N) is 1. The van der Waals surface area contributed by atoms with Gasteiger partial charge < -0.3 is 5.32 Å². The van der Waals surface area contributed by atoms with E-state index in [4.69, 9.17) is 0 Å². The van der Waals surface area contributed by atoms with Crippen LogP contribution in [0.5, 0.6) is 0 Å². The van der Waals surface area contributed by atoms with Gasteiger partial charge in [0.1, 0.15) is 0 Å². The number of halogens is 1. The molecule has 1 amide bonds. The summed E-state index contributed by atoms with van der Waals surface area (Å²) < 4.78 is 0.957. The number of fused-ring (bicyclic) bond motifs is 1. The minimum Gasteiger partial charge on any atom is -0.321 e. The van der Waals surface area contributed by atoms with Gasteiger partial charge >= 0.3 is 0 Å². The number of carbonyl (C=O) groups excluding carboxylic acids is 1. The summed E-state index contributed by atoms with van der Waals surface area (Å²) in [5.74, 6) is -0.101. The van der Waals surface area contributed by atoms with Crippen molar-refractivity contribution in [2.24, 2.45) is 0 Å². The minimum atomic E-state index is -0.101. The standard InChI is InChI=1S/C18H14BrNOS/c1-22-16-7-3-5-12-4-2-6-15(17(12)16)20-18(21)13-8-10-14(19)11-9-13/h2-11H,1H3,(H,20,21). The Morgan fingerprint density at radius 2 is 1.68 bits per heavy atom. The van der Waals surface area contributed by atoms with Crippen molar-refractivity contribution in [3.8, 4) is 0 Å². The molecular weight excluding hydrogens is 358 g/mol. The van der Waals surface area contributed by atoms with Crippen LogP contribution in [0.2, 0.25) is 0 Å². The van der Waals surface area contributed by atoms with Crippen LogP contribution < -0.4 is 5.32 Å². The van der Waals surface area contributed by atoms with Gasteiger partial charge in [0.2, 0.25) is 0 Å². The summed E-state index contributed by atoms with van der Waals surface area (Å²) >= 11 is 5.06. The van der Waals surface area contributed by atoms with Crippen molar-refractivity contribution in [2.45, 2.75) is 4.90 Å². The monoisotopic (exact) mass is 371 g/mol. The number of rotatable bonds is 3. The van der Waals surface area contributed by atoms with Gasteiger partial charge in [0, 0.05) is 20.3 Å². The maximum absolute atomic E-state index is 12.4. The average Bonchev–Trinajstić information content (AvgIpc) is 2.55. The van der Waals surface area contributed by atoms with Gasteiger partial charge in [-0.2, -0.15) is 0 Å². The first kappa shape index (κ1) is 15.1. The topological polar surface area (TPSA) is 29.1 Å². The van der Waals surface area contributed by atoms with E-state index in [1.165, 1.54) is 0 Å². The summed E-state index contributed by atoms with van der Waals surface area (Å²) in [7, 11) is 0. The van der Waals surface area contributed by atoms with Crippen LogP contribution in [-0.2, 0) is 0 Å². The predicted octanol–water partition coefficient (Wildman–Crippen LogP) is 5.58. The number of anilines is 1. The van der Waals surface area contributed by atoms with Gasteiger partial charge in [0.05, 0.1) is 5.69 Å². The fraction of sp³-hybridized carbons (Fsp3) is 0.0556. The minimum absolute atomic E-state index is 0.101. The zero-order valence-corrected chi connectivity index (χ0v) is 14.4. The third-order valence-electron chi connectivity index (χ3n) is 3.44. The second-order valence-corrected chi connectivity index (χ2v) is 6.59. The van der Waals surface area contributed by atoms with Gasteiger partial charge in [-0.3, -0.25) is 4.79 Å².